The Kier molecular flexibility index (Phi) is 5.94. The molecule has 1 aliphatic rings. The number of carbonyl (C=O) groups excluding carboxylic acids is 1. The van der Waals surface area contributed by atoms with Crippen molar-refractivity contribution in [3.05, 3.63) is 66.0 Å². The van der Waals surface area contributed by atoms with Gasteiger partial charge in [0.1, 0.15) is 22.6 Å². The van der Waals surface area contributed by atoms with E-state index in [1.165, 1.54) is 0 Å². The maximum atomic E-state index is 12.5. The van der Waals surface area contributed by atoms with Gasteiger partial charge in [-0.1, -0.05) is 54.6 Å². The van der Waals surface area contributed by atoms with Crippen molar-refractivity contribution in [2.45, 2.75) is 58.1 Å². The summed E-state index contributed by atoms with van der Waals surface area (Å²) in [5, 5.41) is 3.87. The second kappa shape index (κ2) is 8.97. The molecule has 0 spiro atoms. The van der Waals surface area contributed by atoms with Crippen LogP contribution < -0.4 is 10.1 Å². The molecule has 2 aromatic heterocycles. The van der Waals surface area contributed by atoms with E-state index in [9.17, 15) is 4.79 Å². The molecule has 5 rings (SSSR count). The van der Waals surface area contributed by atoms with Gasteiger partial charge in [-0.25, -0.2) is 4.79 Å². The van der Waals surface area contributed by atoms with Crippen LogP contribution in [0.1, 0.15) is 51.4 Å². The Bertz CT molecular complexity index is 1400. The van der Waals surface area contributed by atoms with Crippen LogP contribution in [0.4, 0.5) is 4.79 Å². The molecule has 7 nitrogen and oxygen atoms in total. The van der Waals surface area contributed by atoms with Crippen LogP contribution in [0.15, 0.2) is 59.0 Å². The molecule has 0 saturated heterocycles. The number of hydrogen-bond acceptors (Lipinski definition) is 6. The summed E-state index contributed by atoms with van der Waals surface area (Å²) in [6.45, 7) is 7.42. The van der Waals surface area contributed by atoms with Crippen molar-refractivity contribution in [1.82, 2.24) is 15.3 Å². The van der Waals surface area contributed by atoms with Crippen LogP contribution in [0.5, 0.6) is 5.88 Å². The lowest BCUT2D eigenvalue weighted by Gasteiger charge is -2.43. The Morgan fingerprint density at radius 3 is 2.28 bits per heavy atom. The lowest BCUT2D eigenvalue weighted by molar-refractivity contribution is 0.0377. The molecule has 2 aromatic carbocycles. The third-order valence-corrected chi connectivity index (χ3v) is 6.53. The molecule has 0 aliphatic heterocycles. The molecule has 0 unspecified atom stereocenters. The van der Waals surface area contributed by atoms with E-state index in [0.717, 1.165) is 46.9 Å². The molecule has 0 bridgehead atoms. The first-order valence-corrected chi connectivity index (χ1v) is 12.2. The third kappa shape index (κ3) is 4.41. The van der Waals surface area contributed by atoms with E-state index in [0.29, 0.717) is 23.2 Å². The normalized spacial score (nSPS) is 14.8. The van der Waals surface area contributed by atoms with E-state index >= 15 is 0 Å². The fourth-order valence-electron chi connectivity index (χ4n) is 4.76. The fourth-order valence-corrected chi connectivity index (χ4v) is 4.76. The van der Waals surface area contributed by atoms with Crippen LogP contribution in [0.25, 0.3) is 33.6 Å². The maximum absolute atomic E-state index is 12.5. The number of benzene rings is 2. The number of rotatable bonds is 5. The highest BCUT2D eigenvalue weighted by molar-refractivity contribution is 6.03. The van der Waals surface area contributed by atoms with E-state index in [4.69, 9.17) is 13.9 Å². The van der Waals surface area contributed by atoms with Crippen LogP contribution in [0, 0.1) is 6.92 Å². The second-order valence-corrected chi connectivity index (χ2v) is 10.3. The number of nitrogens with one attached hydrogen (secondary N) is 1. The van der Waals surface area contributed by atoms with E-state index < -0.39 is 17.2 Å². The molecule has 1 saturated carbocycles. The van der Waals surface area contributed by atoms with Crippen LogP contribution >= 0.6 is 0 Å². The minimum atomic E-state index is -0.545. The molecule has 186 valence electrons. The van der Waals surface area contributed by atoms with E-state index in [-0.39, 0.29) is 0 Å². The Labute approximate surface area is 210 Å². The second-order valence-electron chi connectivity index (χ2n) is 10.3. The number of ether oxygens (including phenoxy) is 2. The van der Waals surface area contributed by atoms with Gasteiger partial charge in [0.15, 0.2) is 0 Å². The number of alkyl carbamates (subject to hydrolysis) is 1. The van der Waals surface area contributed by atoms with Crippen molar-refractivity contribution >= 4 is 17.2 Å². The molecule has 1 fully saturated rings. The standard InChI is InChI=1S/C29H31N3O4/c1-18-30-25(34-5)23-22(19-10-7-6-8-11-19)24(35-26(23)31-18)20-12-14-21(15-13-20)29(16-9-17-29)32-27(33)36-28(2,3)4/h6-8,10-15H,9,16-17H2,1-5H3,(H,32,33). The predicted octanol–water partition coefficient (Wildman–Crippen LogP) is 6.78. The summed E-state index contributed by atoms with van der Waals surface area (Å²) in [5.41, 5.74) is 3.36. The van der Waals surface area contributed by atoms with E-state index in [2.05, 4.69) is 27.4 Å². The summed E-state index contributed by atoms with van der Waals surface area (Å²) < 4.78 is 17.5. The minimum absolute atomic E-state index is 0.393. The highest BCUT2D eigenvalue weighted by Gasteiger charge is 2.41. The molecule has 1 N–H and O–H groups in total. The zero-order chi connectivity index (χ0) is 25.5. The van der Waals surface area contributed by atoms with Gasteiger partial charge in [-0.3, -0.25) is 0 Å². The monoisotopic (exact) mass is 485 g/mol. The van der Waals surface area contributed by atoms with Crippen molar-refractivity contribution in [2.24, 2.45) is 0 Å². The molecule has 7 heteroatoms. The van der Waals surface area contributed by atoms with Crippen molar-refractivity contribution in [3.63, 3.8) is 0 Å². The van der Waals surface area contributed by atoms with Gasteiger partial charge in [-0.05, 0) is 58.1 Å². The largest absolute Gasteiger partial charge is 0.480 e. The maximum Gasteiger partial charge on any atom is 0.408 e. The summed E-state index contributed by atoms with van der Waals surface area (Å²) in [4.78, 5) is 21.6. The number of fused-ring (bicyclic) bond motifs is 1. The average molecular weight is 486 g/mol. The van der Waals surface area contributed by atoms with Gasteiger partial charge in [0.05, 0.1) is 12.6 Å². The van der Waals surface area contributed by atoms with Gasteiger partial charge in [-0.2, -0.15) is 9.97 Å². The molecular weight excluding hydrogens is 454 g/mol. The fraction of sp³-hybridized carbons (Fsp3) is 0.345. The molecule has 4 aromatic rings. The van der Waals surface area contributed by atoms with E-state index in [1.54, 1.807) is 7.11 Å². The molecular formula is C29H31N3O4. The smallest absolute Gasteiger partial charge is 0.408 e. The Morgan fingerprint density at radius 2 is 1.69 bits per heavy atom. The molecule has 2 heterocycles. The van der Waals surface area contributed by atoms with Crippen molar-refractivity contribution in [3.8, 4) is 28.3 Å². The van der Waals surface area contributed by atoms with Gasteiger partial charge >= 0.3 is 6.09 Å². The zero-order valence-electron chi connectivity index (χ0n) is 21.3. The Balaban J connectivity index is 1.56. The quantitative estimate of drug-likeness (QED) is 0.335. The summed E-state index contributed by atoms with van der Waals surface area (Å²) in [7, 11) is 1.60. The molecule has 0 atom stereocenters. The van der Waals surface area contributed by atoms with Crippen molar-refractivity contribution in [1.29, 1.82) is 0 Å². The topological polar surface area (TPSA) is 86.5 Å². The first-order chi connectivity index (χ1) is 17.2. The molecule has 1 amide bonds. The van der Waals surface area contributed by atoms with Gasteiger partial charge < -0.3 is 19.2 Å². The summed E-state index contributed by atoms with van der Waals surface area (Å²) in [6, 6.07) is 18.2. The van der Waals surface area contributed by atoms with Gasteiger partial charge in [0, 0.05) is 11.1 Å². The first kappa shape index (κ1) is 23.9. The number of aromatic nitrogens is 2. The van der Waals surface area contributed by atoms with Crippen LogP contribution in [0.2, 0.25) is 0 Å². The predicted molar refractivity (Wildman–Crippen MR) is 139 cm³/mol. The average Bonchev–Trinajstić information content (AvgIpc) is 3.19. The molecule has 36 heavy (non-hydrogen) atoms. The molecule has 1 aliphatic carbocycles. The van der Waals surface area contributed by atoms with E-state index in [1.807, 2.05) is 70.2 Å². The number of nitrogens with zero attached hydrogens (tertiary/aromatic N) is 2. The number of furan rings is 1. The Hall–Kier alpha value is -3.87. The number of methoxy groups -OCH3 is 1. The zero-order valence-corrected chi connectivity index (χ0v) is 21.3. The number of amides is 1. The number of carbonyl (C=O) groups is 1. The summed E-state index contributed by atoms with van der Waals surface area (Å²) >= 11 is 0. The highest BCUT2D eigenvalue weighted by atomic mass is 16.6. The summed E-state index contributed by atoms with van der Waals surface area (Å²) in [5.74, 6) is 1.76. The highest BCUT2D eigenvalue weighted by Crippen LogP contribution is 2.45. The number of aryl methyl sites for hydroxylation is 1. The van der Waals surface area contributed by atoms with Gasteiger partial charge in [0.25, 0.3) is 0 Å². The van der Waals surface area contributed by atoms with Crippen LogP contribution in [-0.2, 0) is 10.3 Å². The lowest BCUT2D eigenvalue weighted by Crippen LogP contribution is -2.52. The minimum Gasteiger partial charge on any atom is -0.480 e. The lowest BCUT2D eigenvalue weighted by atomic mass is 9.71. The van der Waals surface area contributed by atoms with Crippen LogP contribution in [-0.4, -0.2) is 28.8 Å². The van der Waals surface area contributed by atoms with Crippen molar-refractivity contribution in [2.75, 3.05) is 7.11 Å². The SMILES string of the molecule is COc1nc(C)nc2oc(-c3ccc(C4(NC(=O)OC(C)(C)C)CCC4)cc3)c(-c3ccccc3)c12. The van der Waals surface area contributed by atoms with Gasteiger partial charge in [-0.15, -0.1) is 0 Å². The van der Waals surface area contributed by atoms with Crippen molar-refractivity contribution < 1.29 is 18.7 Å². The number of hydrogen-bond donors (Lipinski definition) is 1. The van der Waals surface area contributed by atoms with Crippen LogP contribution in [0.3, 0.4) is 0 Å². The Morgan fingerprint density at radius 1 is 1.00 bits per heavy atom. The third-order valence-electron chi connectivity index (χ3n) is 6.53. The van der Waals surface area contributed by atoms with Gasteiger partial charge in [0.2, 0.25) is 11.6 Å². The first-order valence-electron chi connectivity index (χ1n) is 12.2. The summed E-state index contributed by atoms with van der Waals surface area (Å²) in [6.07, 6.45) is 2.41. The molecule has 0 radical (unpaired) electrons.